The van der Waals surface area contributed by atoms with Gasteiger partial charge in [0, 0.05) is 36.3 Å². The van der Waals surface area contributed by atoms with Gasteiger partial charge in [0.05, 0.1) is 13.1 Å². The van der Waals surface area contributed by atoms with E-state index in [1.807, 2.05) is 36.4 Å². The number of piperazine rings is 1. The first-order valence-electron chi connectivity index (χ1n) is 8.18. The maximum atomic E-state index is 12.1. The van der Waals surface area contributed by atoms with Gasteiger partial charge in [-0.05, 0) is 43.3 Å². The van der Waals surface area contributed by atoms with Crippen molar-refractivity contribution in [2.75, 3.05) is 26.2 Å². The normalized spacial score (nSPS) is 17.8. The average molecular weight is 384 g/mol. The van der Waals surface area contributed by atoms with E-state index < -0.39 is 0 Å². The molecule has 2 heterocycles. The number of hydrogen-bond acceptors (Lipinski definition) is 4. The third kappa shape index (κ3) is 5.47. The van der Waals surface area contributed by atoms with E-state index in [9.17, 15) is 4.79 Å². The molecule has 1 amide bonds. The lowest BCUT2D eigenvalue weighted by atomic mass is 10.2. The molecule has 0 aliphatic carbocycles. The molecule has 25 heavy (non-hydrogen) atoms. The van der Waals surface area contributed by atoms with E-state index in [1.165, 1.54) is 0 Å². The Morgan fingerprint density at radius 2 is 2.08 bits per heavy atom. The van der Waals surface area contributed by atoms with E-state index in [4.69, 9.17) is 16.0 Å². The summed E-state index contributed by atoms with van der Waals surface area (Å²) in [5.41, 5.74) is 0.964. The summed E-state index contributed by atoms with van der Waals surface area (Å²) in [5, 5.41) is 6.94. The summed E-state index contributed by atoms with van der Waals surface area (Å²) in [5.74, 6) is 1.53. The van der Waals surface area contributed by atoms with E-state index in [-0.39, 0.29) is 18.3 Å². The second kappa shape index (κ2) is 9.25. The largest absolute Gasteiger partial charge is 0.459 e. The molecule has 136 valence electrons. The number of halogens is 2. The minimum absolute atomic E-state index is 0. The molecule has 1 atom stereocenters. The highest BCUT2D eigenvalue weighted by atomic mass is 35.5. The molecule has 2 N–H and O–H groups in total. The lowest BCUT2D eigenvalue weighted by Gasteiger charge is -2.33. The van der Waals surface area contributed by atoms with Crippen molar-refractivity contribution in [3.8, 4) is 11.3 Å². The van der Waals surface area contributed by atoms with E-state index in [1.54, 1.807) is 0 Å². The van der Waals surface area contributed by atoms with Crippen LogP contribution in [0.4, 0.5) is 0 Å². The molecule has 2 aromatic rings. The fraction of sp³-hybridized carbons (Fsp3) is 0.389. The van der Waals surface area contributed by atoms with Crippen LogP contribution < -0.4 is 10.6 Å². The number of amides is 1. The van der Waals surface area contributed by atoms with E-state index in [0.717, 1.165) is 36.7 Å². The maximum absolute atomic E-state index is 12.1. The Hall–Kier alpha value is -1.53. The van der Waals surface area contributed by atoms with Crippen molar-refractivity contribution in [2.24, 2.45) is 0 Å². The molecule has 0 unspecified atom stereocenters. The molecule has 1 saturated heterocycles. The van der Waals surface area contributed by atoms with E-state index in [0.29, 0.717) is 24.2 Å². The Kier molecular flexibility index (Phi) is 7.32. The minimum atomic E-state index is 0. The van der Waals surface area contributed by atoms with Gasteiger partial charge in [-0.25, -0.2) is 0 Å². The van der Waals surface area contributed by atoms with Gasteiger partial charge in [-0.2, -0.15) is 0 Å². The summed E-state index contributed by atoms with van der Waals surface area (Å²) < 4.78 is 5.79. The molecule has 1 aromatic heterocycles. The maximum Gasteiger partial charge on any atom is 0.234 e. The van der Waals surface area contributed by atoms with Crippen LogP contribution in [-0.2, 0) is 11.3 Å². The van der Waals surface area contributed by atoms with Gasteiger partial charge < -0.3 is 15.1 Å². The summed E-state index contributed by atoms with van der Waals surface area (Å²) in [4.78, 5) is 14.3. The van der Waals surface area contributed by atoms with Crippen LogP contribution in [0.5, 0.6) is 0 Å². The fourth-order valence-corrected chi connectivity index (χ4v) is 2.91. The highest BCUT2D eigenvalue weighted by molar-refractivity contribution is 6.30. The van der Waals surface area contributed by atoms with Crippen LogP contribution in [0.2, 0.25) is 5.02 Å². The first kappa shape index (κ1) is 19.8. The van der Waals surface area contributed by atoms with Gasteiger partial charge >= 0.3 is 0 Å². The van der Waals surface area contributed by atoms with Gasteiger partial charge in [0.25, 0.3) is 0 Å². The number of carbonyl (C=O) groups excluding carboxylic acids is 1. The Bertz CT molecular complexity index is 688. The molecule has 1 aliphatic heterocycles. The third-order valence-corrected chi connectivity index (χ3v) is 4.49. The van der Waals surface area contributed by atoms with Crippen LogP contribution in [0.3, 0.4) is 0 Å². The van der Waals surface area contributed by atoms with Crippen LogP contribution in [0, 0.1) is 0 Å². The third-order valence-electron chi connectivity index (χ3n) is 4.24. The van der Waals surface area contributed by atoms with Crippen molar-refractivity contribution >= 4 is 29.9 Å². The Balaban J connectivity index is 0.00000225. The van der Waals surface area contributed by atoms with E-state index >= 15 is 0 Å². The monoisotopic (exact) mass is 383 g/mol. The molecular weight excluding hydrogens is 361 g/mol. The number of benzene rings is 1. The molecule has 0 bridgehead atoms. The van der Waals surface area contributed by atoms with Crippen LogP contribution >= 0.6 is 24.0 Å². The zero-order chi connectivity index (χ0) is 16.9. The van der Waals surface area contributed by atoms with Crippen LogP contribution in [-0.4, -0.2) is 43.0 Å². The predicted molar refractivity (Wildman–Crippen MR) is 102 cm³/mol. The topological polar surface area (TPSA) is 57.5 Å². The zero-order valence-electron chi connectivity index (χ0n) is 14.1. The molecule has 1 aromatic carbocycles. The Morgan fingerprint density at radius 3 is 2.80 bits per heavy atom. The van der Waals surface area contributed by atoms with Crippen LogP contribution in [0.1, 0.15) is 12.7 Å². The zero-order valence-corrected chi connectivity index (χ0v) is 15.7. The van der Waals surface area contributed by atoms with Crippen molar-refractivity contribution in [3.05, 3.63) is 47.2 Å². The van der Waals surface area contributed by atoms with Gasteiger partial charge in [-0.15, -0.1) is 12.4 Å². The van der Waals surface area contributed by atoms with Crippen molar-refractivity contribution < 1.29 is 9.21 Å². The second-order valence-electron chi connectivity index (χ2n) is 6.07. The molecule has 7 heteroatoms. The fourth-order valence-electron chi connectivity index (χ4n) is 2.79. The van der Waals surface area contributed by atoms with E-state index in [2.05, 4.69) is 22.5 Å². The second-order valence-corrected chi connectivity index (χ2v) is 6.51. The standard InChI is InChI=1S/C18H22ClN3O2.ClH/c1-13-10-20-8-9-22(13)12-18(23)21-11-16-6-7-17(24-16)14-2-4-15(19)5-3-14;/h2-7,13,20H,8-12H2,1H3,(H,21,23);1H/t13-;/m1./s1. The SMILES string of the molecule is C[C@@H]1CNCCN1CC(=O)NCc1ccc(-c2ccc(Cl)cc2)o1.Cl. The predicted octanol–water partition coefficient (Wildman–Crippen LogP) is 2.93. The highest BCUT2D eigenvalue weighted by Gasteiger charge is 2.20. The highest BCUT2D eigenvalue weighted by Crippen LogP contribution is 2.23. The number of furan rings is 1. The number of rotatable bonds is 5. The summed E-state index contributed by atoms with van der Waals surface area (Å²) in [6.45, 7) is 5.71. The lowest BCUT2D eigenvalue weighted by Crippen LogP contribution is -2.52. The van der Waals surface area contributed by atoms with Crippen molar-refractivity contribution in [2.45, 2.75) is 19.5 Å². The molecule has 5 nitrogen and oxygen atoms in total. The first-order chi connectivity index (χ1) is 11.6. The average Bonchev–Trinajstić information content (AvgIpc) is 3.05. The molecule has 0 saturated carbocycles. The Morgan fingerprint density at radius 1 is 1.32 bits per heavy atom. The first-order valence-corrected chi connectivity index (χ1v) is 8.56. The minimum Gasteiger partial charge on any atom is -0.459 e. The van der Waals surface area contributed by atoms with Crippen LogP contribution in [0.15, 0.2) is 40.8 Å². The van der Waals surface area contributed by atoms with Crippen molar-refractivity contribution in [1.29, 1.82) is 0 Å². The van der Waals surface area contributed by atoms with Gasteiger partial charge in [-0.3, -0.25) is 9.69 Å². The van der Waals surface area contributed by atoms with Gasteiger partial charge in [0.15, 0.2) is 0 Å². The molecule has 1 aliphatic rings. The molecule has 0 spiro atoms. The van der Waals surface area contributed by atoms with Crippen molar-refractivity contribution in [1.82, 2.24) is 15.5 Å². The summed E-state index contributed by atoms with van der Waals surface area (Å²) >= 11 is 5.89. The van der Waals surface area contributed by atoms with Crippen LogP contribution in [0.25, 0.3) is 11.3 Å². The molecule has 1 fully saturated rings. The van der Waals surface area contributed by atoms with Gasteiger partial charge in [0.2, 0.25) is 5.91 Å². The number of carbonyl (C=O) groups is 1. The van der Waals surface area contributed by atoms with Gasteiger partial charge in [0.1, 0.15) is 11.5 Å². The van der Waals surface area contributed by atoms with Gasteiger partial charge in [-0.1, -0.05) is 11.6 Å². The summed E-state index contributed by atoms with van der Waals surface area (Å²) in [6.07, 6.45) is 0. The molecule has 3 rings (SSSR count). The summed E-state index contributed by atoms with van der Waals surface area (Å²) in [6, 6.07) is 11.7. The summed E-state index contributed by atoms with van der Waals surface area (Å²) in [7, 11) is 0. The lowest BCUT2D eigenvalue weighted by molar-refractivity contribution is -0.123. The molecule has 0 radical (unpaired) electrons. The number of hydrogen-bond donors (Lipinski definition) is 2. The quantitative estimate of drug-likeness (QED) is 0.833. The van der Waals surface area contributed by atoms with Crippen molar-refractivity contribution in [3.63, 3.8) is 0 Å². The molecular formula is C18H23Cl2N3O2. The number of nitrogens with zero attached hydrogens (tertiary/aromatic N) is 1. The number of nitrogens with one attached hydrogen (secondary N) is 2. The Labute approximate surface area is 159 Å². The smallest absolute Gasteiger partial charge is 0.234 e.